The van der Waals surface area contributed by atoms with Crippen LogP contribution in [0.1, 0.15) is 44.0 Å². The van der Waals surface area contributed by atoms with E-state index in [0.717, 1.165) is 18.2 Å². The molecule has 1 fully saturated rings. The Morgan fingerprint density at radius 3 is 2.67 bits per heavy atom. The molecular formula is C15H20ClNO. The van der Waals surface area contributed by atoms with Gasteiger partial charge in [0, 0.05) is 23.8 Å². The Morgan fingerprint density at radius 1 is 1.39 bits per heavy atom. The Balaban J connectivity index is 2.24. The first kappa shape index (κ1) is 13.4. The summed E-state index contributed by atoms with van der Waals surface area (Å²) >= 11 is 6.17. The zero-order chi connectivity index (χ0) is 13.3. The number of halogens is 1. The summed E-state index contributed by atoms with van der Waals surface area (Å²) in [5.41, 5.74) is 1.74. The molecule has 2 nitrogen and oxygen atoms in total. The number of carbonyl (C=O) groups excluding carboxylic acids is 1. The van der Waals surface area contributed by atoms with Crippen LogP contribution in [0.2, 0.25) is 5.02 Å². The fourth-order valence-electron chi connectivity index (χ4n) is 2.76. The van der Waals surface area contributed by atoms with Crippen LogP contribution < -0.4 is 4.90 Å². The van der Waals surface area contributed by atoms with Crippen molar-refractivity contribution >= 4 is 23.1 Å². The van der Waals surface area contributed by atoms with Gasteiger partial charge in [-0.25, -0.2) is 0 Å². The van der Waals surface area contributed by atoms with E-state index in [1.54, 1.807) is 6.92 Å². The Hall–Kier alpha value is -1.02. The molecule has 0 bridgehead atoms. The lowest BCUT2D eigenvalue weighted by Gasteiger charge is -2.38. The lowest BCUT2D eigenvalue weighted by atomic mass is 9.93. The molecule has 2 unspecified atom stereocenters. The molecule has 98 valence electrons. The van der Waals surface area contributed by atoms with Gasteiger partial charge in [0.15, 0.2) is 5.78 Å². The third-order valence-corrected chi connectivity index (χ3v) is 4.11. The Labute approximate surface area is 114 Å². The molecule has 1 saturated heterocycles. The number of nitrogens with zero attached hydrogens (tertiary/aromatic N) is 1. The van der Waals surface area contributed by atoms with E-state index in [1.165, 1.54) is 12.8 Å². The van der Waals surface area contributed by atoms with Gasteiger partial charge in [-0.2, -0.15) is 0 Å². The average molecular weight is 266 g/mol. The van der Waals surface area contributed by atoms with E-state index < -0.39 is 0 Å². The lowest BCUT2D eigenvalue weighted by Crippen LogP contribution is -2.40. The standard InChI is InChI=1S/C15H20ClNO/c1-10-6-7-17(11(2)8-10)13-4-5-14(12(3)18)15(16)9-13/h4-5,9-11H,6-8H2,1-3H3. The van der Waals surface area contributed by atoms with Gasteiger partial charge in [-0.15, -0.1) is 0 Å². The Bertz CT molecular complexity index is 458. The second kappa shape index (κ2) is 5.31. The number of piperidine rings is 1. The summed E-state index contributed by atoms with van der Waals surface area (Å²) in [6, 6.07) is 6.30. The normalized spacial score (nSPS) is 24.1. The minimum atomic E-state index is 0.0202. The van der Waals surface area contributed by atoms with Crippen LogP contribution in [-0.4, -0.2) is 18.4 Å². The van der Waals surface area contributed by atoms with Crippen molar-refractivity contribution in [2.75, 3.05) is 11.4 Å². The van der Waals surface area contributed by atoms with Crippen molar-refractivity contribution < 1.29 is 4.79 Å². The highest BCUT2D eigenvalue weighted by Gasteiger charge is 2.23. The Morgan fingerprint density at radius 2 is 2.11 bits per heavy atom. The van der Waals surface area contributed by atoms with E-state index in [0.29, 0.717) is 16.6 Å². The number of Topliss-reactive ketones (excluding diaryl/α,β-unsaturated/α-hetero) is 1. The van der Waals surface area contributed by atoms with Crippen molar-refractivity contribution in [1.29, 1.82) is 0 Å². The van der Waals surface area contributed by atoms with E-state index in [1.807, 2.05) is 18.2 Å². The maximum Gasteiger partial charge on any atom is 0.161 e. The van der Waals surface area contributed by atoms with Crippen LogP contribution in [0.3, 0.4) is 0 Å². The molecule has 18 heavy (non-hydrogen) atoms. The number of ketones is 1. The number of hydrogen-bond acceptors (Lipinski definition) is 2. The number of benzene rings is 1. The molecule has 0 spiro atoms. The third-order valence-electron chi connectivity index (χ3n) is 3.80. The van der Waals surface area contributed by atoms with E-state index in [9.17, 15) is 4.79 Å². The maximum atomic E-state index is 11.4. The monoisotopic (exact) mass is 265 g/mol. The zero-order valence-electron chi connectivity index (χ0n) is 11.2. The van der Waals surface area contributed by atoms with E-state index >= 15 is 0 Å². The fourth-order valence-corrected chi connectivity index (χ4v) is 3.07. The predicted octanol–water partition coefficient (Wildman–Crippen LogP) is 4.17. The summed E-state index contributed by atoms with van der Waals surface area (Å²) in [5, 5.41) is 0.561. The number of anilines is 1. The van der Waals surface area contributed by atoms with Gasteiger partial charge in [0.05, 0.1) is 5.02 Å². The lowest BCUT2D eigenvalue weighted by molar-refractivity contribution is 0.101. The van der Waals surface area contributed by atoms with Crippen LogP contribution in [0.4, 0.5) is 5.69 Å². The number of hydrogen-bond donors (Lipinski definition) is 0. The molecule has 3 heteroatoms. The molecule has 1 aromatic rings. The van der Waals surface area contributed by atoms with Crippen LogP contribution >= 0.6 is 11.6 Å². The molecule has 0 aliphatic carbocycles. The quantitative estimate of drug-likeness (QED) is 0.748. The highest BCUT2D eigenvalue weighted by Crippen LogP contribution is 2.30. The summed E-state index contributed by atoms with van der Waals surface area (Å²) in [6.45, 7) is 7.17. The van der Waals surface area contributed by atoms with Crippen molar-refractivity contribution in [2.45, 2.75) is 39.7 Å². The molecule has 0 aromatic heterocycles. The van der Waals surface area contributed by atoms with Crippen LogP contribution in [0, 0.1) is 5.92 Å². The summed E-state index contributed by atoms with van der Waals surface area (Å²) < 4.78 is 0. The van der Waals surface area contributed by atoms with Crippen LogP contribution in [0.25, 0.3) is 0 Å². The summed E-state index contributed by atoms with van der Waals surface area (Å²) in [6.07, 6.45) is 2.43. The van der Waals surface area contributed by atoms with Gasteiger partial charge in [0.1, 0.15) is 0 Å². The van der Waals surface area contributed by atoms with Crippen LogP contribution in [0.15, 0.2) is 18.2 Å². The first-order valence-electron chi connectivity index (χ1n) is 6.56. The van der Waals surface area contributed by atoms with Crippen molar-refractivity contribution in [3.05, 3.63) is 28.8 Å². The first-order chi connectivity index (χ1) is 8.49. The van der Waals surface area contributed by atoms with Gasteiger partial charge >= 0.3 is 0 Å². The third kappa shape index (κ3) is 2.69. The molecule has 1 aliphatic rings. The minimum Gasteiger partial charge on any atom is -0.369 e. The molecule has 1 aromatic carbocycles. The minimum absolute atomic E-state index is 0.0202. The molecule has 1 heterocycles. The summed E-state index contributed by atoms with van der Waals surface area (Å²) in [7, 11) is 0. The summed E-state index contributed by atoms with van der Waals surface area (Å²) in [4.78, 5) is 13.7. The van der Waals surface area contributed by atoms with Gasteiger partial charge in [-0.05, 0) is 50.8 Å². The molecule has 0 N–H and O–H groups in total. The molecule has 1 aliphatic heterocycles. The predicted molar refractivity (Wildman–Crippen MR) is 76.7 cm³/mol. The second-order valence-electron chi connectivity index (χ2n) is 5.39. The van der Waals surface area contributed by atoms with Gasteiger partial charge in [0.2, 0.25) is 0 Å². The SMILES string of the molecule is CC(=O)c1ccc(N2CCC(C)CC2C)cc1Cl. The van der Waals surface area contributed by atoms with Gasteiger partial charge < -0.3 is 4.90 Å². The van der Waals surface area contributed by atoms with Crippen molar-refractivity contribution in [1.82, 2.24) is 0 Å². The smallest absolute Gasteiger partial charge is 0.161 e. The Kier molecular flexibility index (Phi) is 3.96. The van der Waals surface area contributed by atoms with Gasteiger partial charge in [-0.1, -0.05) is 18.5 Å². The number of rotatable bonds is 2. The molecule has 2 rings (SSSR count). The highest BCUT2D eigenvalue weighted by atomic mass is 35.5. The number of carbonyl (C=O) groups is 1. The second-order valence-corrected chi connectivity index (χ2v) is 5.80. The molecule has 0 radical (unpaired) electrons. The first-order valence-corrected chi connectivity index (χ1v) is 6.94. The van der Waals surface area contributed by atoms with Gasteiger partial charge in [0.25, 0.3) is 0 Å². The van der Waals surface area contributed by atoms with E-state index in [4.69, 9.17) is 11.6 Å². The van der Waals surface area contributed by atoms with E-state index in [2.05, 4.69) is 18.7 Å². The average Bonchev–Trinajstić information content (AvgIpc) is 2.28. The highest BCUT2D eigenvalue weighted by molar-refractivity contribution is 6.34. The van der Waals surface area contributed by atoms with Crippen LogP contribution in [-0.2, 0) is 0 Å². The van der Waals surface area contributed by atoms with Gasteiger partial charge in [-0.3, -0.25) is 4.79 Å². The maximum absolute atomic E-state index is 11.4. The molecular weight excluding hydrogens is 246 g/mol. The molecule has 2 atom stereocenters. The van der Waals surface area contributed by atoms with Crippen molar-refractivity contribution in [3.8, 4) is 0 Å². The fraction of sp³-hybridized carbons (Fsp3) is 0.533. The van der Waals surface area contributed by atoms with Crippen molar-refractivity contribution in [2.24, 2.45) is 5.92 Å². The topological polar surface area (TPSA) is 20.3 Å². The van der Waals surface area contributed by atoms with Crippen molar-refractivity contribution in [3.63, 3.8) is 0 Å². The molecule has 0 amide bonds. The zero-order valence-corrected chi connectivity index (χ0v) is 12.0. The van der Waals surface area contributed by atoms with Crippen LogP contribution in [0.5, 0.6) is 0 Å². The molecule has 0 saturated carbocycles. The largest absolute Gasteiger partial charge is 0.369 e. The summed E-state index contributed by atoms with van der Waals surface area (Å²) in [5.74, 6) is 0.815. The van der Waals surface area contributed by atoms with E-state index in [-0.39, 0.29) is 5.78 Å².